The van der Waals surface area contributed by atoms with Gasteiger partial charge in [0.25, 0.3) is 5.56 Å². The third-order valence-corrected chi connectivity index (χ3v) is 6.43. The number of hydrogen-bond donors (Lipinski definition) is 2. The first-order valence-electron chi connectivity index (χ1n) is 10.2. The lowest BCUT2D eigenvalue weighted by atomic mass is 9.68. The molecule has 0 spiro atoms. The lowest BCUT2D eigenvalue weighted by Gasteiger charge is -2.40. The highest BCUT2D eigenvalue weighted by Crippen LogP contribution is 2.42. The second-order valence-electron chi connectivity index (χ2n) is 7.99. The monoisotopic (exact) mass is 438 g/mol. The Morgan fingerprint density at radius 1 is 1.19 bits per heavy atom. The van der Waals surface area contributed by atoms with Gasteiger partial charge in [0.1, 0.15) is 0 Å². The van der Waals surface area contributed by atoms with Crippen molar-refractivity contribution in [2.24, 2.45) is 5.73 Å². The van der Waals surface area contributed by atoms with E-state index >= 15 is 0 Å². The van der Waals surface area contributed by atoms with Crippen LogP contribution in [0.4, 0.5) is 0 Å². The van der Waals surface area contributed by atoms with Crippen molar-refractivity contribution in [1.82, 2.24) is 14.8 Å². The van der Waals surface area contributed by atoms with E-state index < -0.39 is 5.97 Å². The summed E-state index contributed by atoms with van der Waals surface area (Å²) >= 11 is 6.20. The van der Waals surface area contributed by atoms with Gasteiger partial charge in [0.15, 0.2) is 0 Å². The van der Waals surface area contributed by atoms with E-state index in [1.54, 1.807) is 12.3 Å². The maximum absolute atomic E-state index is 12.6. The molecule has 0 amide bonds. The molecule has 2 heterocycles. The van der Waals surface area contributed by atoms with Gasteiger partial charge in [-0.25, -0.2) is 9.48 Å². The summed E-state index contributed by atoms with van der Waals surface area (Å²) in [6, 6.07) is 12.3. The number of hydrogen-bond acceptors (Lipinski definition) is 5. The number of nitrogens with two attached hydrogens (primary N) is 1. The number of carboxylic acids is 1. The minimum atomic E-state index is -1.06. The van der Waals surface area contributed by atoms with Crippen molar-refractivity contribution < 1.29 is 9.90 Å². The van der Waals surface area contributed by atoms with Crippen LogP contribution in [0.15, 0.2) is 59.7 Å². The summed E-state index contributed by atoms with van der Waals surface area (Å²) in [6.45, 7) is 0.510. The molecule has 0 aliphatic heterocycles. The summed E-state index contributed by atoms with van der Waals surface area (Å²) in [5.74, 6) is -1.06. The van der Waals surface area contributed by atoms with Gasteiger partial charge < -0.3 is 10.8 Å². The number of aromatic nitrogens is 3. The number of aromatic carboxylic acids is 1. The van der Waals surface area contributed by atoms with Gasteiger partial charge in [-0.2, -0.15) is 5.10 Å². The van der Waals surface area contributed by atoms with Gasteiger partial charge in [0, 0.05) is 41.0 Å². The Hall–Kier alpha value is -3.03. The lowest BCUT2D eigenvalue weighted by Crippen LogP contribution is -2.41. The smallest absolute Gasteiger partial charge is 0.337 e. The summed E-state index contributed by atoms with van der Waals surface area (Å²) < 4.78 is 1.52. The molecule has 1 aromatic carbocycles. The van der Waals surface area contributed by atoms with Crippen molar-refractivity contribution in [2.45, 2.75) is 37.1 Å². The zero-order valence-corrected chi connectivity index (χ0v) is 17.6. The maximum atomic E-state index is 12.6. The Morgan fingerprint density at radius 2 is 1.97 bits per heavy atom. The van der Waals surface area contributed by atoms with Gasteiger partial charge in [0.2, 0.25) is 0 Å². The maximum Gasteiger partial charge on any atom is 0.337 e. The molecule has 7 nitrogen and oxygen atoms in total. The highest BCUT2D eigenvalue weighted by Gasteiger charge is 2.37. The fourth-order valence-corrected chi connectivity index (χ4v) is 4.56. The van der Waals surface area contributed by atoms with Crippen molar-refractivity contribution in [3.05, 3.63) is 81.4 Å². The first-order valence-corrected chi connectivity index (χ1v) is 10.5. The summed E-state index contributed by atoms with van der Waals surface area (Å²) in [4.78, 5) is 27.8. The van der Waals surface area contributed by atoms with Crippen LogP contribution in [0.5, 0.6) is 0 Å². The predicted octanol–water partition coefficient (Wildman–Crippen LogP) is 3.67. The van der Waals surface area contributed by atoms with Gasteiger partial charge >= 0.3 is 5.97 Å². The number of pyridine rings is 1. The van der Waals surface area contributed by atoms with Crippen LogP contribution in [0.25, 0.3) is 11.3 Å². The summed E-state index contributed by atoms with van der Waals surface area (Å²) in [5, 5.41) is 14.4. The Balaban J connectivity index is 1.60. The molecular formula is C23H23ClN4O3. The zero-order valence-electron chi connectivity index (χ0n) is 16.9. The van der Waals surface area contributed by atoms with Crippen LogP contribution in [0.1, 0.15) is 47.6 Å². The molecule has 1 aliphatic rings. The third kappa shape index (κ3) is 4.24. The molecular weight excluding hydrogens is 416 g/mol. The fraction of sp³-hybridized carbons (Fsp3) is 0.304. The molecule has 0 radical (unpaired) electrons. The average Bonchev–Trinajstić information content (AvgIpc) is 2.79. The SMILES string of the molecule is NC[C@]1(c2cccc(Cl)c2)CC[C@H](n2nc(-c3cncc(C(=O)O)c3)ccc2=O)CC1. The van der Waals surface area contributed by atoms with Gasteiger partial charge in [0.05, 0.1) is 17.3 Å². The molecule has 1 saturated carbocycles. The van der Waals surface area contributed by atoms with Crippen molar-refractivity contribution in [3.63, 3.8) is 0 Å². The molecule has 31 heavy (non-hydrogen) atoms. The summed E-state index contributed by atoms with van der Waals surface area (Å²) in [7, 11) is 0. The van der Waals surface area contributed by atoms with E-state index in [-0.39, 0.29) is 22.6 Å². The highest BCUT2D eigenvalue weighted by atomic mass is 35.5. The molecule has 1 fully saturated rings. The quantitative estimate of drug-likeness (QED) is 0.628. The minimum absolute atomic E-state index is 0.0538. The number of rotatable bonds is 5. The van der Waals surface area contributed by atoms with Crippen LogP contribution in [0.3, 0.4) is 0 Å². The molecule has 4 rings (SSSR count). The first-order chi connectivity index (χ1) is 14.9. The van der Waals surface area contributed by atoms with E-state index in [1.165, 1.54) is 23.0 Å². The minimum Gasteiger partial charge on any atom is -0.478 e. The van der Waals surface area contributed by atoms with E-state index in [0.717, 1.165) is 31.2 Å². The molecule has 160 valence electrons. The largest absolute Gasteiger partial charge is 0.478 e. The van der Waals surface area contributed by atoms with Crippen LogP contribution >= 0.6 is 11.6 Å². The van der Waals surface area contributed by atoms with E-state index in [2.05, 4.69) is 16.1 Å². The zero-order chi connectivity index (χ0) is 22.0. The standard InChI is InChI=1S/C23H23ClN4O3/c24-18-3-1-2-17(11-18)23(14-25)8-6-19(7-9-23)28-21(29)5-4-20(27-28)15-10-16(22(30)31)13-26-12-15/h1-5,10-13,19H,6-9,14,25H2,(H,30,31)/t19-,23-. The fourth-order valence-electron chi connectivity index (χ4n) is 4.37. The van der Waals surface area contributed by atoms with E-state index in [9.17, 15) is 14.7 Å². The third-order valence-electron chi connectivity index (χ3n) is 6.19. The lowest BCUT2D eigenvalue weighted by molar-refractivity contribution is 0.0696. The molecule has 0 unspecified atom stereocenters. The van der Waals surface area contributed by atoms with Crippen molar-refractivity contribution in [1.29, 1.82) is 0 Å². The number of carboxylic acid groups (broad SMARTS) is 1. The predicted molar refractivity (Wildman–Crippen MR) is 118 cm³/mol. The second-order valence-corrected chi connectivity index (χ2v) is 8.43. The van der Waals surface area contributed by atoms with Gasteiger partial charge in [-0.05, 0) is 55.5 Å². The highest BCUT2D eigenvalue weighted by molar-refractivity contribution is 6.30. The molecule has 0 saturated heterocycles. The van der Waals surface area contributed by atoms with E-state index in [0.29, 0.717) is 22.8 Å². The summed E-state index contributed by atoms with van der Waals surface area (Å²) in [6.07, 6.45) is 5.99. The van der Waals surface area contributed by atoms with Crippen LogP contribution in [0, 0.1) is 0 Å². The van der Waals surface area contributed by atoms with Crippen LogP contribution in [0.2, 0.25) is 5.02 Å². The number of halogens is 1. The first kappa shape index (κ1) is 21.2. The van der Waals surface area contributed by atoms with Crippen molar-refractivity contribution in [2.75, 3.05) is 6.54 Å². The van der Waals surface area contributed by atoms with Crippen LogP contribution < -0.4 is 11.3 Å². The number of carbonyl (C=O) groups is 1. The number of nitrogens with zero attached hydrogens (tertiary/aromatic N) is 3. The molecule has 8 heteroatoms. The molecule has 3 N–H and O–H groups in total. The van der Waals surface area contributed by atoms with E-state index in [4.69, 9.17) is 17.3 Å². The Labute approximate surface area is 184 Å². The molecule has 0 atom stereocenters. The van der Waals surface area contributed by atoms with Gasteiger partial charge in [-0.1, -0.05) is 23.7 Å². The Bertz CT molecular complexity index is 1170. The normalized spacial score (nSPS) is 21.0. The van der Waals surface area contributed by atoms with Crippen molar-refractivity contribution in [3.8, 4) is 11.3 Å². The van der Waals surface area contributed by atoms with Crippen molar-refractivity contribution >= 4 is 17.6 Å². The molecule has 0 bridgehead atoms. The van der Waals surface area contributed by atoms with Gasteiger partial charge in [-0.3, -0.25) is 9.78 Å². The number of benzene rings is 1. The van der Waals surface area contributed by atoms with Gasteiger partial charge in [-0.15, -0.1) is 0 Å². The Morgan fingerprint density at radius 3 is 2.65 bits per heavy atom. The summed E-state index contributed by atoms with van der Waals surface area (Å²) in [5.41, 5.74) is 8.12. The molecule has 3 aromatic rings. The molecule has 1 aliphatic carbocycles. The topological polar surface area (TPSA) is 111 Å². The van der Waals surface area contributed by atoms with Crippen LogP contribution in [-0.4, -0.2) is 32.4 Å². The van der Waals surface area contributed by atoms with E-state index in [1.807, 2.05) is 18.2 Å². The Kier molecular flexibility index (Phi) is 5.89. The molecule has 2 aromatic heterocycles. The average molecular weight is 439 g/mol. The second kappa shape index (κ2) is 8.61. The van der Waals surface area contributed by atoms with Crippen LogP contribution in [-0.2, 0) is 5.41 Å².